The quantitative estimate of drug-likeness (QED) is 0.304. The van der Waals surface area contributed by atoms with Gasteiger partial charge in [-0.2, -0.15) is 9.39 Å². The second-order valence-corrected chi connectivity index (χ2v) is 10.9. The molecular weight excluding hydrogens is 516 g/mol. The van der Waals surface area contributed by atoms with Crippen LogP contribution in [0.3, 0.4) is 0 Å². The maximum Gasteiger partial charge on any atom is 0.283 e. The van der Waals surface area contributed by atoms with Crippen molar-refractivity contribution < 1.29 is 27.4 Å². The molecule has 0 saturated heterocycles. The molecule has 0 aromatic heterocycles. The van der Waals surface area contributed by atoms with Crippen molar-refractivity contribution in [2.75, 3.05) is 26.6 Å². The Morgan fingerprint density at radius 2 is 1.86 bits per heavy atom. The summed E-state index contributed by atoms with van der Waals surface area (Å²) in [4.78, 5) is 17.5. The first-order chi connectivity index (χ1) is 17.6. The minimum Gasteiger partial charge on any atom is -0.493 e. The number of fused-ring (bicyclic) bond motifs is 1. The lowest BCUT2D eigenvalue weighted by molar-refractivity contribution is -0.114. The smallest absolute Gasteiger partial charge is 0.283 e. The summed E-state index contributed by atoms with van der Waals surface area (Å²) in [6, 6.07) is 11.2. The van der Waals surface area contributed by atoms with Crippen LogP contribution in [0.5, 0.6) is 17.2 Å². The fourth-order valence-electron chi connectivity index (χ4n) is 3.72. The molecule has 12 heteroatoms. The monoisotopic (exact) mass is 542 g/mol. The molecule has 0 aliphatic carbocycles. The van der Waals surface area contributed by atoms with Gasteiger partial charge in [0.1, 0.15) is 24.8 Å². The molecular formula is C25H26N4O6S2. The standard InChI is InChI=1S/C25H26N4O6S2/c1-5-16-10-15(2)11-18(12-16)34-8-9-35-20-7-6-17(14-21(20)33-3)13-19-22(26)29-24(27-23(19)30)36-28-25(29)37(4,31)32/h6-7,10-14,26H,5,8-9H2,1-4H3/b19-13-,26-22?. The highest BCUT2D eigenvalue weighted by atomic mass is 32.2. The molecule has 2 aromatic carbocycles. The molecule has 2 aliphatic heterocycles. The van der Waals surface area contributed by atoms with Crippen molar-refractivity contribution in [2.45, 2.75) is 20.3 Å². The number of amidine groups is 3. The number of nitrogens with zero attached hydrogens (tertiary/aromatic N) is 3. The molecule has 37 heavy (non-hydrogen) atoms. The molecule has 0 bridgehead atoms. The normalized spacial score (nSPS) is 16.4. The number of aliphatic imine (C=N–C) groups is 1. The zero-order valence-electron chi connectivity index (χ0n) is 20.8. The molecule has 0 saturated carbocycles. The van der Waals surface area contributed by atoms with Crippen molar-refractivity contribution in [1.82, 2.24) is 4.90 Å². The highest BCUT2D eigenvalue weighted by molar-refractivity contribution is 8.16. The second kappa shape index (κ2) is 10.8. The number of hydrogen-bond donors (Lipinski definition) is 1. The van der Waals surface area contributed by atoms with Gasteiger partial charge in [-0.1, -0.05) is 19.1 Å². The van der Waals surface area contributed by atoms with Crippen LogP contribution in [-0.4, -0.2) is 62.0 Å². The second-order valence-electron chi connectivity index (χ2n) is 8.29. The van der Waals surface area contributed by atoms with Crippen molar-refractivity contribution >= 4 is 49.9 Å². The van der Waals surface area contributed by atoms with Gasteiger partial charge in [-0.05, 0) is 60.4 Å². The van der Waals surface area contributed by atoms with E-state index in [9.17, 15) is 13.2 Å². The summed E-state index contributed by atoms with van der Waals surface area (Å²) >= 11 is 0.744. The molecule has 0 radical (unpaired) electrons. The summed E-state index contributed by atoms with van der Waals surface area (Å²) in [5, 5.41) is 8.16. The fraction of sp³-hybridized carbons (Fsp3) is 0.280. The molecule has 0 spiro atoms. The summed E-state index contributed by atoms with van der Waals surface area (Å²) in [6.07, 6.45) is 3.36. The van der Waals surface area contributed by atoms with E-state index in [0.717, 1.165) is 40.8 Å². The number of amides is 1. The predicted molar refractivity (Wildman–Crippen MR) is 144 cm³/mol. The van der Waals surface area contributed by atoms with Crippen LogP contribution in [0.2, 0.25) is 0 Å². The lowest BCUT2D eigenvalue weighted by atomic mass is 10.1. The molecule has 2 heterocycles. The first kappa shape index (κ1) is 26.4. The van der Waals surface area contributed by atoms with E-state index in [0.29, 0.717) is 23.7 Å². The van der Waals surface area contributed by atoms with Crippen LogP contribution in [0.4, 0.5) is 0 Å². The third-order valence-corrected chi connectivity index (χ3v) is 7.21. The van der Waals surface area contributed by atoms with E-state index < -0.39 is 15.7 Å². The summed E-state index contributed by atoms with van der Waals surface area (Å²) < 4.78 is 45.1. The molecule has 1 N–H and O–H groups in total. The number of hydrogen-bond acceptors (Lipinski definition) is 9. The van der Waals surface area contributed by atoms with Crippen molar-refractivity contribution in [2.24, 2.45) is 9.39 Å². The molecule has 4 rings (SSSR count). The van der Waals surface area contributed by atoms with E-state index in [1.54, 1.807) is 18.2 Å². The third-order valence-electron chi connectivity index (χ3n) is 5.45. The molecule has 194 valence electrons. The van der Waals surface area contributed by atoms with Crippen LogP contribution in [0.1, 0.15) is 23.6 Å². The van der Waals surface area contributed by atoms with E-state index in [-0.39, 0.29) is 28.4 Å². The minimum atomic E-state index is -3.72. The summed E-state index contributed by atoms with van der Waals surface area (Å²) in [5.41, 5.74) is 2.81. The van der Waals surface area contributed by atoms with Gasteiger partial charge in [0.2, 0.25) is 20.2 Å². The number of sulfone groups is 1. The Kier molecular flexibility index (Phi) is 7.69. The Labute approximate surface area is 219 Å². The maximum atomic E-state index is 12.6. The van der Waals surface area contributed by atoms with Crippen LogP contribution < -0.4 is 14.2 Å². The third kappa shape index (κ3) is 5.86. The Bertz CT molecular complexity index is 1460. The van der Waals surface area contributed by atoms with Crippen LogP contribution in [0.25, 0.3) is 6.08 Å². The Morgan fingerprint density at radius 3 is 2.57 bits per heavy atom. The number of carbonyl (C=O) groups is 1. The molecule has 10 nitrogen and oxygen atoms in total. The zero-order chi connectivity index (χ0) is 26.7. The van der Waals surface area contributed by atoms with Crippen LogP contribution >= 0.6 is 11.9 Å². The SMILES string of the molecule is CCc1cc(C)cc(OCCOc2ccc(/C=C3/C(=N)N4C(=NC3=O)SN=C4S(C)(=O)=O)cc2OC)c1. The number of ether oxygens (including phenoxy) is 3. The lowest BCUT2D eigenvalue weighted by Crippen LogP contribution is -2.45. The van der Waals surface area contributed by atoms with E-state index in [1.165, 1.54) is 18.7 Å². The van der Waals surface area contributed by atoms with Crippen molar-refractivity contribution in [3.05, 3.63) is 58.7 Å². The number of carbonyl (C=O) groups excluding carboxylic acids is 1. The summed E-state index contributed by atoms with van der Waals surface area (Å²) in [5.74, 6) is 0.725. The van der Waals surface area contributed by atoms with Gasteiger partial charge in [0.15, 0.2) is 11.5 Å². The molecule has 2 aliphatic rings. The first-order valence-electron chi connectivity index (χ1n) is 11.3. The average molecular weight is 543 g/mol. The van der Waals surface area contributed by atoms with E-state index in [2.05, 4.69) is 22.4 Å². The first-order valence-corrected chi connectivity index (χ1v) is 14.0. The van der Waals surface area contributed by atoms with Gasteiger partial charge in [-0.15, -0.1) is 0 Å². The average Bonchev–Trinajstić information content (AvgIpc) is 3.29. The van der Waals surface area contributed by atoms with Gasteiger partial charge in [0, 0.05) is 6.26 Å². The molecule has 2 aromatic rings. The number of methoxy groups -OCH3 is 1. The van der Waals surface area contributed by atoms with Crippen LogP contribution in [0, 0.1) is 12.3 Å². The fourth-order valence-corrected chi connectivity index (χ4v) is 5.57. The Hall–Kier alpha value is -3.64. The molecule has 1 amide bonds. The van der Waals surface area contributed by atoms with Gasteiger partial charge in [0.05, 0.1) is 24.6 Å². The summed E-state index contributed by atoms with van der Waals surface area (Å²) in [7, 11) is -2.23. The van der Waals surface area contributed by atoms with Crippen molar-refractivity contribution in [3.63, 3.8) is 0 Å². The molecule has 0 unspecified atom stereocenters. The predicted octanol–water partition coefficient (Wildman–Crippen LogP) is 3.65. The van der Waals surface area contributed by atoms with Crippen LogP contribution in [0.15, 0.2) is 51.4 Å². The van der Waals surface area contributed by atoms with Gasteiger partial charge < -0.3 is 14.2 Å². The van der Waals surface area contributed by atoms with Gasteiger partial charge in [-0.25, -0.2) is 13.3 Å². The minimum absolute atomic E-state index is 0.0349. The van der Waals surface area contributed by atoms with Crippen molar-refractivity contribution in [1.29, 1.82) is 5.41 Å². The van der Waals surface area contributed by atoms with Gasteiger partial charge >= 0.3 is 0 Å². The highest BCUT2D eigenvalue weighted by Gasteiger charge is 2.41. The van der Waals surface area contributed by atoms with E-state index >= 15 is 0 Å². The number of aryl methyl sites for hydroxylation is 2. The van der Waals surface area contributed by atoms with Crippen LogP contribution in [-0.2, 0) is 21.1 Å². The van der Waals surface area contributed by atoms with Crippen molar-refractivity contribution in [3.8, 4) is 17.2 Å². The maximum absolute atomic E-state index is 12.6. The lowest BCUT2D eigenvalue weighted by Gasteiger charge is -2.23. The molecule has 0 fully saturated rings. The molecule has 0 atom stereocenters. The van der Waals surface area contributed by atoms with Gasteiger partial charge in [-0.3, -0.25) is 10.2 Å². The largest absolute Gasteiger partial charge is 0.493 e. The highest BCUT2D eigenvalue weighted by Crippen LogP contribution is 2.32. The summed E-state index contributed by atoms with van der Waals surface area (Å²) in [6.45, 7) is 4.75. The Morgan fingerprint density at radius 1 is 1.11 bits per heavy atom. The number of benzene rings is 2. The zero-order valence-corrected chi connectivity index (χ0v) is 22.4. The van der Waals surface area contributed by atoms with E-state index in [4.69, 9.17) is 19.6 Å². The number of rotatable bonds is 8. The van der Waals surface area contributed by atoms with E-state index in [1.807, 2.05) is 19.1 Å². The topological polar surface area (TPSA) is 131 Å². The number of nitrogens with one attached hydrogen (secondary N) is 1. The Balaban J connectivity index is 1.47. The van der Waals surface area contributed by atoms with Gasteiger partial charge in [0.25, 0.3) is 5.91 Å².